The van der Waals surface area contributed by atoms with Crippen molar-refractivity contribution >= 4 is 12.6 Å². The SMILES string of the molecule is Cc1cc(C)cc(C)c1.Sc1ccccn1. The summed E-state index contributed by atoms with van der Waals surface area (Å²) < 4.78 is 0. The van der Waals surface area contributed by atoms with Gasteiger partial charge in [0.25, 0.3) is 0 Å². The Morgan fingerprint density at radius 2 is 1.38 bits per heavy atom. The molecule has 0 radical (unpaired) electrons. The molecule has 0 aliphatic rings. The van der Waals surface area contributed by atoms with Gasteiger partial charge in [0.2, 0.25) is 0 Å². The Morgan fingerprint density at radius 1 is 0.875 bits per heavy atom. The van der Waals surface area contributed by atoms with Crippen LogP contribution in [0, 0.1) is 20.8 Å². The largest absolute Gasteiger partial charge is 0.250 e. The molecule has 0 atom stereocenters. The maximum absolute atomic E-state index is 3.97. The van der Waals surface area contributed by atoms with Crippen molar-refractivity contribution in [3.63, 3.8) is 0 Å². The maximum Gasteiger partial charge on any atom is 0.0929 e. The van der Waals surface area contributed by atoms with Crippen LogP contribution in [0.1, 0.15) is 16.7 Å². The van der Waals surface area contributed by atoms with Crippen LogP contribution in [0.2, 0.25) is 0 Å². The van der Waals surface area contributed by atoms with Gasteiger partial charge in [-0.25, -0.2) is 0 Å². The highest BCUT2D eigenvalue weighted by molar-refractivity contribution is 7.80. The van der Waals surface area contributed by atoms with Crippen LogP contribution in [-0.2, 0) is 0 Å². The lowest BCUT2D eigenvalue weighted by molar-refractivity contribution is 1.14. The smallest absolute Gasteiger partial charge is 0.0929 e. The van der Waals surface area contributed by atoms with Gasteiger partial charge in [-0.2, -0.15) is 0 Å². The van der Waals surface area contributed by atoms with Gasteiger partial charge in [-0.05, 0) is 32.9 Å². The predicted octanol–water partition coefficient (Wildman–Crippen LogP) is 3.98. The fraction of sp³-hybridized carbons (Fsp3) is 0.214. The summed E-state index contributed by atoms with van der Waals surface area (Å²) in [6, 6.07) is 12.2. The van der Waals surface area contributed by atoms with E-state index in [1.54, 1.807) is 6.20 Å². The highest BCUT2D eigenvalue weighted by Gasteiger charge is 1.87. The summed E-state index contributed by atoms with van der Waals surface area (Å²) in [6.45, 7) is 6.38. The third-order valence-corrected chi connectivity index (χ3v) is 2.28. The lowest BCUT2D eigenvalue weighted by atomic mass is 10.1. The number of nitrogens with zero attached hydrogens (tertiary/aromatic N) is 1. The van der Waals surface area contributed by atoms with Crippen molar-refractivity contribution in [2.24, 2.45) is 0 Å². The summed E-state index contributed by atoms with van der Waals surface area (Å²) in [7, 11) is 0. The summed E-state index contributed by atoms with van der Waals surface area (Å²) in [4.78, 5) is 3.84. The first-order chi connectivity index (χ1) is 7.58. The van der Waals surface area contributed by atoms with Crippen molar-refractivity contribution in [3.8, 4) is 0 Å². The van der Waals surface area contributed by atoms with E-state index in [4.69, 9.17) is 0 Å². The topological polar surface area (TPSA) is 12.9 Å². The second-order valence-corrected chi connectivity index (χ2v) is 4.31. The van der Waals surface area contributed by atoms with E-state index in [1.165, 1.54) is 16.7 Å². The molecule has 1 nitrogen and oxygen atoms in total. The molecule has 1 aromatic carbocycles. The molecule has 0 aliphatic heterocycles. The number of aromatic nitrogens is 1. The molecule has 0 unspecified atom stereocenters. The predicted molar refractivity (Wildman–Crippen MR) is 72.1 cm³/mol. The molecule has 1 heterocycles. The lowest BCUT2D eigenvalue weighted by Gasteiger charge is -1.96. The molecule has 0 aliphatic carbocycles. The molecule has 2 aromatic rings. The van der Waals surface area contributed by atoms with E-state index >= 15 is 0 Å². The van der Waals surface area contributed by atoms with Crippen LogP contribution in [-0.4, -0.2) is 4.98 Å². The van der Waals surface area contributed by atoms with E-state index in [-0.39, 0.29) is 0 Å². The Bertz CT molecular complexity index is 387. The Balaban J connectivity index is 0.000000165. The van der Waals surface area contributed by atoms with Crippen molar-refractivity contribution in [2.75, 3.05) is 0 Å². The fourth-order valence-electron chi connectivity index (χ4n) is 1.56. The van der Waals surface area contributed by atoms with E-state index in [1.807, 2.05) is 18.2 Å². The van der Waals surface area contributed by atoms with Crippen LogP contribution in [0.15, 0.2) is 47.6 Å². The van der Waals surface area contributed by atoms with Gasteiger partial charge in [0.1, 0.15) is 0 Å². The molecule has 0 fully saturated rings. The van der Waals surface area contributed by atoms with Crippen molar-refractivity contribution in [1.82, 2.24) is 4.98 Å². The zero-order chi connectivity index (χ0) is 12.0. The van der Waals surface area contributed by atoms with Crippen LogP contribution < -0.4 is 0 Å². The molecular formula is C14H17NS. The summed E-state index contributed by atoms with van der Waals surface area (Å²) >= 11 is 3.97. The highest BCUT2D eigenvalue weighted by Crippen LogP contribution is 2.06. The van der Waals surface area contributed by atoms with Crippen molar-refractivity contribution < 1.29 is 0 Å². The number of hydrogen-bond donors (Lipinski definition) is 1. The number of benzene rings is 1. The van der Waals surface area contributed by atoms with Gasteiger partial charge in [0.15, 0.2) is 0 Å². The first-order valence-corrected chi connectivity index (χ1v) is 5.67. The molecule has 0 saturated carbocycles. The van der Waals surface area contributed by atoms with E-state index in [2.05, 4.69) is 56.6 Å². The van der Waals surface area contributed by atoms with Crippen LogP contribution >= 0.6 is 12.6 Å². The third kappa shape index (κ3) is 4.99. The molecule has 1 aromatic heterocycles. The Labute approximate surface area is 103 Å². The molecule has 2 heteroatoms. The van der Waals surface area contributed by atoms with Gasteiger partial charge in [-0.15, -0.1) is 12.6 Å². The van der Waals surface area contributed by atoms with Crippen LogP contribution in [0.5, 0.6) is 0 Å². The average Bonchev–Trinajstić information content (AvgIpc) is 2.17. The monoisotopic (exact) mass is 231 g/mol. The zero-order valence-electron chi connectivity index (χ0n) is 9.94. The molecule has 2 rings (SSSR count). The Hall–Kier alpha value is -1.28. The second-order valence-electron chi connectivity index (χ2n) is 3.85. The summed E-state index contributed by atoms with van der Waals surface area (Å²) in [6.07, 6.45) is 1.71. The number of pyridine rings is 1. The molecule has 16 heavy (non-hydrogen) atoms. The minimum Gasteiger partial charge on any atom is -0.250 e. The summed E-state index contributed by atoms with van der Waals surface area (Å²) in [5.74, 6) is 0. The molecule has 0 saturated heterocycles. The second kappa shape index (κ2) is 6.33. The van der Waals surface area contributed by atoms with Crippen LogP contribution in [0.4, 0.5) is 0 Å². The van der Waals surface area contributed by atoms with Crippen molar-refractivity contribution in [2.45, 2.75) is 25.8 Å². The number of hydrogen-bond acceptors (Lipinski definition) is 2. The highest BCUT2D eigenvalue weighted by atomic mass is 32.1. The quantitative estimate of drug-likeness (QED) is 0.677. The molecular weight excluding hydrogens is 214 g/mol. The van der Waals surface area contributed by atoms with E-state index in [0.29, 0.717) is 0 Å². The van der Waals surface area contributed by atoms with E-state index in [9.17, 15) is 0 Å². The summed E-state index contributed by atoms with van der Waals surface area (Å²) in [5, 5.41) is 0.766. The average molecular weight is 231 g/mol. The molecule has 84 valence electrons. The van der Waals surface area contributed by atoms with Gasteiger partial charge in [0, 0.05) is 6.20 Å². The minimum atomic E-state index is 0.766. The molecule has 0 bridgehead atoms. The molecule has 0 N–H and O–H groups in total. The third-order valence-electron chi connectivity index (χ3n) is 2.02. The Kier molecular flexibility index (Phi) is 5.06. The number of aryl methyl sites for hydroxylation is 3. The zero-order valence-corrected chi connectivity index (χ0v) is 10.8. The fourth-order valence-corrected chi connectivity index (χ4v) is 1.71. The van der Waals surface area contributed by atoms with Crippen LogP contribution in [0.25, 0.3) is 0 Å². The normalized spacial score (nSPS) is 9.25. The van der Waals surface area contributed by atoms with Gasteiger partial charge >= 0.3 is 0 Å². The van der Waals surface area contributed by atoms with Gasteiger partial charge < -0.3 is 0 Å². The van der Waals surface area contributed by atoms with Gasteiger partial charge in [0.05, 0.1) is 5.03 Å². The molecule has 0 spiro atoms. The van der Waals surface area contributed by atoms with E-state index in [0.717, 1.165) is 5.03 Å². The Morgan fingerprint density at radius 3 is 1.62 bits per heavy atom. The van der Waals surface area contributed by atoms with E-state index < -0.39 is 0 Å². The van der Waals surface area contributed by atoms with Crippen molar-refractivity contribution in [3.05, 3.63) is 59.3 Å². The molecule has 0 amide bonds. The maximum atomic E-state index is 3.97. The first kappa shape index (κ1) is 12.8. The van der Waals surface area contributed by atoms with Crippen LogP contribution in [0.3, 0.4) is 0 Å². The minimum absolute atomic E-state index is 0.766. The summed E-state index contributed by atoms with van der Waals surface area (Å²) in [5.41, 5.74) is 4.06. The first-order valence-electron chi connectivity index (χ1n) is 5.23. The van der Waals surface area contributed by atoms with Gasteiger partial charge in [-0.3, -0.25) is 4.98 Å². The lowest BCUT2D eigenvalue weighted by Crippen LogP contribution is -1.78. The van der Waals surface area contributed by atoms with Gasteiger partial charge in [-0.1, -0.05) is 41.0 Å². The standard InChI is InChI=1S/C9H12.C5H5NS/c1-7-4-8(2)6-9(3)5-7;7-5-3-1-2-4-6-5/h4-6H,1-3H3;1-4H,(H,6,7). The number of thiol groups is 1. The van der Waals surface area contributed by atoms with Crippen molar-refractivity contribution in [1.29, 1.82) is 0 Å². The number of rotatable bonds is 0.